The Kier molecular flexibility index (Phi) is 5.98. The van der Waals surface area contributed by atoms with E-state index in [9.17, 15) is 13.9 Å². The van der Waals surface area contributed by atoms with Gasteiger partial charge in [-0.15, -0.1) is 0 Å². The summed E-state index contributed by atoms with van der Waals surface area (Å²) in [6.07, 6.45) is -2.50. The fourth-order valence-corrected chi connectivity index (χ4v) is 1.86. The molecule has 0 aliphatic heterocycles. The second kappa shape index (κ2) is 7.25. The molecular weight excluding hydrogens is 254 g/mol. The standard InChI is InChI=1S/C13H20F2N2O2/c1-9(16-2)11-4-3-10(7-12(11)19)17(5-6-18)8-13(14)15/h3-4,7,9,13,16,18-19H,5-6,8H2,1-2H3. The van der Waals surface area contributed by atoms with Crippen LogP contribution in [0.4, 0.5) is 14.5 Å². The van der Waals surface area contributed by atoms with Gasteiger partial charge in [0.05, 0.1) is 13.2 Å². The lowest BCUT2D eigenvalue weighted by Crippen LogP contribution is -2.31. The van der Waals surface area contributed by atoms with Gasteiger partial charge in [-0.3, -0.25) is 0 Å². The Balaban J connectivity index is 2.96. The molecule has 3 N–H and O–H groups in total. The normalized spacial score (nSPS) is 12.7. The Hall–Kier alpha value is -1.40. The van der Waals surface area contributed by atoms with Gasteiger partial charge in [-0.1, -0.05) is 6.07 Å². The molecule has 108 valence electrons. The van der Waals surface area contributed by atoms with E-state index in [2.05, 4.69) is 5.32 Å². The molecule has 0 heterocycles. The number of alkyl halides is 2. The summed E-state index contributed by atoms with van der Waals surface area (Å²) in [7, 11) is 1.77. The molecule has 0 spiro atoms. The summed E-state index contributed by atoms with van der Waals surface area (Å²) in [5.74, 6) is 0.0524. The number of aliphatic hydroxyl groups excluding tert-OH is 1. The predicted molar refractivity (Wildman–Crippen MR) is 70.9 cm³/mol. The predicted octanol–water partition coefficient (Wildman–Crippen LogP) is 1.74. The first kappa shape index (κ1) is 15.7. The van der Waals surface area contributed by atoms with Gasteiger partial charge in [0.25, 0.3) is 6.43 Å². The van der Waals surface area contributed by atoms with Crippen molar-refractivity contribution in [3.63, 3.8) is 0 Å². The van der Waals surface area contributed by atoms with E-state index in [0.717, 1.165) is 0 Å². The van der Waals surface area contributed by atoms with Crippen molar-refractivity contribution in [3.05, 3.63) is 23.8 Å². The molecule has 19 heavy (non-hydrogen) atoms. The molecule has 0 saturated heterocycles. The number of phenolic OH excluding ortho intramolecular Hbond substituents is 1. The third-order valence-electron chi connectivity index (χ3n) is 3.01. The number of halogens is 2. The van der Waals surface area contributed by atoms with Crippen LogP contribution in [0.3, 0.4) is 0 Å². The molecule has 0 saturated carbocycles. The number of hydrogen-bond donors (Lipinski definition) is 3. The largest absolute Gasteiger partial charge is 0.508 e. The lowest BCUT2D eigenvalue weighted by molar-refractivity contribution is 0.153. The number of rotatable bonds is 7. The highest BCUT2D eigenvalue weighted by Gasteiger charge is 2.15. The zero-order valence-electron chi connectivity index (χ0n) is 11.1. The van der Waals surface area contributed by atoms with E-state index in [1.54, 1.807) is 19.2 Å². The highest BCUT2D eigenvalue weighted by molar-refractivity contribution is 5.54. The molecule has 0 aliphatic rings. The highest BCUT2D eigenvalue weighted by atomic mass is 19.3. The van der Waals surface area contributed by atoms with Crippen LogP contribution >= 0.6 is 0 Å². The number of aromatic hydroxyl groups is 1. The van der Waals surface area contributed by atoms with Crippen LogP contribution in [0.1, 0.15) is 18.5 Å². The summed E-state index contributed by atoms with van der Waals surface area (Å²) < 4.78 is 24.9. The Morgan fingerprint density at radius 2 is 2.05 bits per heavy atom. The van der Waals surface area contributed by atoms with Crippen molar-refractivity contribution in [2.75, 3.05) is 31.6 Å². The van der Waals surface area contributed by atoms with Gasteiger partial charge in [-0.25, -0.2) is 8.78 Å². The van der Waals surface area contributed by atoms with Crippen LogP contribution in [0.5, 0.6) is 5.75 Å². The molecule has 1 rings (SSSR count). The fraction of sp³-hybridized carbons (Fsp3) is 0.538. The maximum absolute atomic E-state index is 12.5. The Morgan fingerprint density at radius 3 is 2.53 bits per heavy atom. The first-order valence-electron chi connectivity index (χ1n) is 6.13. The quantitative estimate of drug-likeness (QED) is 0.709. The Labute approximate surface area is 111 Å². The molecule has 0 bridgehead atoms. The van der Waals surface area contributed by atoms with Crippen LogP contribution in [-0.4, -0.2) is 43.4 Å². The van der Waals surface area contributed by atoms with Gasteiger partial charge in [-0.05, 0) is 20.0 Å². The van der Waals surface area contributed by atoms with Crippen molar-refractivity contribution in [1.29, 1.82) is 0 Å². The van der Waals surface area contributed by atoms with E-state index in [1.807, 2.05) is 6.92 Å². The number of phenols is 1. The molecule has 1 aromatic rings. The van der Waals surface area contributed by atoms with Crippen LogP contribution in [0.25, 0.3) is 0 Å². The van der Waals surface area contributed by atoms with Crippen LogP contribution in [0.15, 0.2) is 18.2 Å². The van der Waals surface area contributed by atoms with E-state index in [-0.39, 0.29) is 24.9 Å². The van der Waals surface area contributed by atoms with Crippen molar-refractivity contribution in [3.8, 4) is 5.75 Å². The topological polar surface area (TPSA) is 55.7 Å². The summed E-state index contributed by atoms with van der Waals surface area (Å²) in [5, 5.41) is 21.8. The van der Waals surface area contributed by atoms with Crippen LogP contribution < -0.4 is 10.2 Å². The smallest absolute Gasteiger partial charge is 0.255 e. The second-order valence-electron chi connectivity index (χ2n) is 4.31. The average Bonchev–Trinajstić information content (AvgIpc) is 2.36. The average molecular weight is 274 g/mol. The van der Waals surface area contributed by atoms with Crippen molar-refractivity contribution in [2.45, 2.75) is 19.4 Å². The zero-order valence-corrected chi connectivity index (χ0v) is 11.1. The third-order valence-corrected chi connectivity index (χ3v) is 3.01. The van der Waals surface area contributed by atoms with E-state index in [0.29, 0.717) is 11.3 Å². The number of anilines is 1. The lowest BCUT2D eigenvalue weighted by Gasteiger charge is -2.24. The number of benzene rings is 1. The molecule has 0 radical (unpaired) electrons. The molecule has 1 atom stereocenters. The summed E-state index contributed by atoms with van der Waals surface area (Å²) in [6.45, 7) is 1.30. The number of hydrogen-bond acceptors (Lipinski definition) is 4. The summed E-state index contributed by atoms with van der Waals surface area (Å²) in [5.41, 5.74) is 1.17. The summed E-state index contributed by atoms with van der Waals surface area (Å²) >= 11 is 0. The SMILES string of the molecule is CNC(C)c1ccc(N(CCO)CC(F)F)cc1O. The number of aliphatic hydroxyl groups is 1. The van der Waals surface area contributed by atoms with E-state index < -0.39 is 13.0 Å². The Morgan fingerprint density at radius 1 is 1.37 bits per heavy atom. The van der Waals surface area contributed by atoms with E-state index >= 15 is 0 Å². The maximum atomic E-state index is 12.5. The number of nitrogens with one attached hydrogen (secondary N) is 1. The van der Waals surface area contributed by atoms with Gasteiger partial charge in [0, 0.05) is 29.9 Å². The first-order chi connectivity index (χ1) is 8.99. The van der Waals surface area contributed by atoms with Gasteiger partial charge in [-0.2, -0.15) is 0 Å². The Bertz CT molecular complexity index is 402. The van der Waals surface area contributed by atoms with Crippen molar-refractivity contribution in [1.82, 2.24) is 5.32 Å². The van der Waals surface area contributed by atoms with Crippen LogP contribution in [0.2, 0.25) is 0 Å². The monoisotopic (exact) mass is 274 g/mol. The number of nitrogens with zero attached hydrogens (tertiary/aromatic N) is 1. The molecule has 0 aromatic heterocycles. The van der Waals surface area contributed by atoms with Crippen molar-refractivity contribution in [2.24, 2.45) is 0 Å². The highest BCUT2D eigenvalue weighted by Crippen LogP contribution is 2.29. The minimum atomic E-state index is -2.50. The second-order valence-corrected chi connectivity index (χ2v) is 4.31. The van der Waals surface area contributed by atoms with Gasteiger partial charge in [0.2, 0.25) is 0 Å². The van der Waals surface area contributed by atoms with Crippen molar-refractivity contribution >= 4 is 5.69 Å². The zero-order chi connectivity index (χ0) is 14.4. The van der Waals surface area contributed by atoms with Gasteiger partial charge in [0.15, 0.2) is 0 Å². The molecule has 6 heteroatoms. The van der Waals surface area contributed by atoms with Gasteiger partial charge in [0.1, 0.15) is 5.75 Å². The van der Waals surface area contributed by atoms with Crippen LogP contribution in [-0.2, 0) is 0 Å². The molecular formula is C13H20F2N2O2. The molecule has 4 nitrogen and oxygen atoms in total. The fourth-order valence-electron chi connectivity index (χ4n) is 1.86. The molecule has 0 amide bonds. The van der Waals surface area contributed by atoms with E-state index in [1.165, 1.54) is 11.0 Å². The third kappa shape index (κ3) is 4.33. The summed E-state index contributed by atoms with van der Waals surface area (Å²) in [6, 6.07) is 4.78. The van der Waals surface area contributed by atoms with Crippen molar-refractivity contribution < 1.29 is 19.0 Å². The van der Waals surface area contributed by atoms with Crippen LogP contribution in [0, 0.1) is 0 Å². The minimum Gasteiger partial charge on any atom is -0.508 e. The van der Waals surface area contributed by atoms with Gasteiger partial charge < -0.3 is 20.4 Å². The molecule has 0 fully saturated rings. The summed E-state index contributed by atoms with van der Waals surface area (Å²) in [4.78, 5) is 1.35. The maximum Gasteiger partial charge on any atom is 0.255 e. The lowest BCUT2D eigenvalue weighted by atomic mass is 10.1. The molecule has 1 unspecified atom stereocenters. The van der Waals surface area contributed by atoms with Gasteiger partial charge >= 0.3 is 0 Å². The molecule has 0 aliphatic carbocycles. The first-order valence-corrected chi connectivity index (χ1v) is 6.13. The van der Waals surface area contributed by atoms with E-state index in [4.69, 9.17) is 5.11 Å². The molecule has 1 aromatic carbocycles. The minimum absolute atomic E-state index is 0.0320.